The lowest BCUT2D eigenvalue weighted by Crippen LogP contribution is -2.15. The van der Waals surface area contributed by atoms with Gasteiger partial charge in [0, 0.05) is 6.61 Å². The van der Waals surface area contributed by atoms with Crippen molar-refractivity contribution < 1.29 is 52.2 Å². The highest BCUT2D eigenvalue weighted by Gasteiger charge is 2.01. The zero-order chi connectivity index (χ0) is 30.4. The Balaban J connectivity index is 3.05. The molecule has 0 aromatic heterocycles. The first-order valence-electron chi connectivity index (χ1n) is 16.2. The summed E-state index contributed by atoms with van der Waals surface area (Å²) in [5.74, 6) is -0.245. The van der Waals surface area contributed by atoms with E-state index in [2.05, 4.69) is 6.92 Å². The highest BCUT2D eigenvalue weighted by atomic mass is 16.6. The van der Waals surface area contributed by atoms with Gasteiger partial charge in [-0.15, -0.1) is 0 Å². The average Bonchev–Trinajstić information content (AvgIpc) is 2.99. The van der Waals surface area contributed by atoms with Crippen molar-refractivity contribution in [2.75, 3.05) is 126 Å². The molecule has 0 aliphatic carbocycles. The van der Waals surface area contributed by atoms with Crippen LogP contribution in [-0.2, 0) is 52.2 Å². The third kappa shape index (κ3) is 37.1. The van der Waals surface area contributed by atoms with Gasteiger partial charge in [0.15, 0.2) is 0 Å². The lowest BCUT2D eigenvalue weighted by molar-refractivity contribution is -0.144. The number of unbranched alkanes of at least 4 members (excludes halogenated alkanes) is 7. The minimum absolute atomic E-state index is 0.245. The topological polar surface area (TPSA) is 109 Å². The second-order valence-corrected chi connectivity index (χ2v) is 9.54. The van der Waals surface area contributed by atoms with E-state index in [1.807, 2.05) is 0 Å². The van der Waals surface area contributed by atoms with E-state index < -0.39 is 0 Å². The van der Waals surface area contributed by atoms with E-state index in [-0.39, 0.29) is 12.4 Å². The maximum Gasteiger partial charge on any atom is 0.308 e. The Labute approximate surface area is 255 Å². The second kappa shape index (κ2) is 38.1. The summed E-state index contributed by atoms with van der Waals surface area (Å²) in [4.78, 5) is 11.1. The van der Waals surface area contributed by atoms with Gasteiger partial charge in [-0.3, -0.25) is 4.79 Å². The first-order chi connectivity index (χ1) is 20.8. The van der Waals surface area contributed by atoms with E-state index in [0.717, 1.165) is 13.0 Å². The van der Waals surface area contributed by atoms with E-state index in [0.29, 0.717) is 119 Å². The third-order valence-corrected chi connectivity index (χ3v) is 5.87. The van der Waals surface area contributed by atoms with E-state index in [4.69, 9.17) is 47.4 Å². The van der Waals surface area contributed by atoms with Crippen molar-refractivity contribution in [3.8, 4) is 0 Å². The van der Waals surface area contributed by atoms with Crippen LogP contribution in [0.4, 0.5) is 0 Å². The number of carbonyl (C=O) groups is 1. The van der Waals surface area contributed by atoms with Crippen LogP contribution >= 0.6 is 0 Å². The predicted octanol–water partition coefficient (Wildman–Crippen LogP) is 4.23. The summed E-state index contributed by atoms with van der Waals surface area (Å²) in [5.41, 5.74) is 0. The molecule has 42 heavy (non-hydrogen) atoms. The van der Waals surface area contributed by atoms with Crippen LogP contribution in [-0.4, -0.2) is 132 Å². The van der Waals surface area contributed by atoms with Gasteiger partial charge in [-0.05, 0) is 13.3 Å². The Morgan fingerprint density at radius 2 is 0.643 bits per heavy atom. The summed E-state index contributed by atoms with van der Waals surface area (Å²) in [5, 5.41) is 0. The van der Waals surface area contributed by atoms with Gasteiger partial charge < -0.3 is 47.4 Å². The molecule has 0 aromatic rings. The highest BCUT2D eigenvalue weighted by Crippen LogP contribution is 2.08. The molecule has 0 aliphatic rings. The van der Waals surface area contributed by atoms with Crippen molar-refractivity contribution in [2.24, 2.45) is 0 Å². The van der Waals surface area contributed by atoms with Crippen LogP contribution in [0.15, 0.2) is 0 Å². The summed E-state index contributed by atoms with van der Waals surface area (Å²) in [6, 6.07) is 0. The van der Waals surface area contributed by atoms with Crippen molar-refractivity contribution in [2.45, 2.75) is 71.6 Å². The molecule has 0 heterocycles. The summed E-state index contributed by atoms with van der Waals surface area (Å²) in [6.07, 6.45) is 10.8. The fourth-order valence-electron chi connectivity index (χ4n) is 3.59. The van der Waals surface area contributed by atoms with Gasteiger partial charge in [0.1, 0.15) is 0 Å². The van der Waals surface area contributed by atoms with Gasteiger partial charge in [-0.25, -0.2) is 0 Å². The maximum atomic E-state index is 11.1. The molecule has 0 saturated carbocycles. The van der Waals surface area contributed by atoms with Crippen LogP contribution < -0.4 is 0 Å². The van der Waals surface area contributed by atoms with Gasteiger partial charge in [0.25, 0.3) is 0 Å². The molecule has 0 atom stereocenters. The summed E-state index contributed by atoms with van der Waals surface area (Å²) < 4.78 is 54.0. The molecule has 252 valence electrons. The molecule has 0 aliphatic heterocycles. The monoisotopic (exact) mass is 610 g/mol. The molecule has 0 bridgehead atoms. The molecule has 0 amide bonds. The Bertz CT molecular complexity index is 511. The summed E-state index contributed by atoms with van der Waals surface area (Å²) >= 11 is 0. The molecular formula is C31H62O11. The SMILES string of the molecule is CCCCCCCCCCOCCOCCOCCOCCOCCOCCOCCOCCOCCC(=O)OCC. The normalized spacial score (nSPS) is 11.4. The van der Waals surface area contributed by atoms with Crippen LogP contribution in [0.5, 0.6) is 0 Å². The van der Waals surface area contributed by atoms with Crippen LogP contribution in [0, 0.1) is 0 Å². The Morgan fingerprint density at radius 1 is 0.357 bits per heavy atom. The Hall–Kier alpha value is -0.890. The molecule has 0 fully saturated rings. The van der Waals surface area contributed by atoms with E-state index in [1.165, 1.54) is 44.9 Å². The Morgan fingerprint density at radius 3 is 0.976 bits per heavy atom. The summed E-state index contributed by atoms with van der Waals surface area (Å²) in [6.45, 7) is 14.0. The number of hydrogen-bond acceptors (Lipinski definition) is 11. The van der Waals surface area contributed by atoms with E-state index in [9.17, 15) is 4.79 Å². The van der Waals surface area contributed by atoms with E-state index >= 15 is 0 Å². The molecule has 11 nitrogen and oxygen atoms in total. The number of esters is 1. The highest BCUT2D eigenvalue weighted by molar-refractivity contribution is 5.69. The van der Waals surface area contributed by atoms with Crippen molar-refractivity contribution in [1.29, 1.82) is 0 Å². The largest absolute Gasteiger partial charge is 0.466 e. The van der Waals surface area contributed by atoms with Gasteiger partial charge in [0.05, 0.1) is 125 Å². The smallest absolute Gasteiger partial charge is 0.308 e. The lowest BCUT2D eigenvalue weighted by atomic mass is 10.1. The lowest BCUT2D eigenvalue weighted by Gasteiger charge is -2.09. The van der Waals surface area contributed by atoms with Crippen molar-refractivity contribution in [1.82, 2.24) is 0 Å². The minimum Gasteiger partial charge on any atom is -0.466 e. The van der Waals surface area contributed by atoms with Gasteiger partial charge >= 0.3 is 5.97 Å². The minimum atomic E-state index is -0.245. The number of hydrogen-bond donors (Lipinski definition) is 0. The fraction of sp³-hybridized carbons (Fsp3) is 0.968. The van der Waals surface area contributed by atoms with E-state index in [1.54, 1.807) is 6.92 Å². The van der Waals surface area contributed by atoms with Gasteiger partial charge in [-0.1, -0.05) is 51.9 Å². The van der Waals surface area contributed by atoms with Gasteiger partial charge in [0.2, 0.25) is 0 Å². The van der Waals surface area contributed by atoms with Crippen LogP contribution in [0.1, 0.15) is 71.6 Å². The zero-order valence-corrected chi connectivity index (χ0v) is 26.8. The quantitative estimate of drug-likeness (QED) is 0.0745. The van der Waals surface area contributed by atoms with Crippen LogP contribution in [0.2, 0.25) is 0 Å². The predicted molar refractivity (Wildman–Crippen MR) is 161 cm³/mol. The third-order valence-electron chi connectivity index (χ3n) is 5.87. The first kappa shape index (κ1) is 41.1. The molecule has 0 spiro atoms. The molecule has 0 unspecified atom stereocenters. The second-order valence-electron chi connectivity index (χ2n) is 9.54. The molecule has 0 radical (unpaired) electrons. The van der Waals surface area contributed by atoms with Crippen molar-refractivity contribution in [3.05, 3.63) is 0 Å². The first-order valence-corrected chi connectivity index (χ1v) is 16.2. The van der Waals surface area contributed by atoms with Crippen molar-refractivity contribution >= 4 is 5.97 Å². The number of carbonyl (C=O) groups excluding carboxylic acids is 1. The standard InChI is InChI=1S/C31H62O11/c1-3-5-6-7-8-9-10-11-13-33-15-17-35-19-21-37-23-25-39-27-29-41-30-28-40-26-24-38-22-20-36-18-16-34-14-12-31(32)42-4-2/h3-30H2,1-2H3. The molecule has 0 aromatic carbocycles. The zero-order valence-electron chi connectivity index (χ0n) is 26.8. The maximum absolute atomic E-state index is 11.1. The molecular weight excluding hydrogens is 548 g/mol. The molecule has 0 rings (SSSR count). The molecule has 11 heteroatoms. The van der Waals surface area contributed by atoms with Crippen molar-refractivity contribution in [3.63, 3.8) is 0 Å². The molecule has 0 N–H and O–H groups in total. The number of ether oxygens (including phenoxy) is 10. The van der Waals surface area contributed by atoms with Crippen LogP contribution in [0.3, 0.4) is 0 Å². The van der Waals surface area contributed by atoms with Crippen LogP contribution in [0.25, 0.3) is 0 Å². The summed E-state index contributed by atoms with van der Waals surface area (Å²) in [7, 11) is 0. The Kier molecular flexibility index (Phi) is 37.3. The number of rotatable bonds is 37. The molecule has 0 saturated heterocycles. The van der Waals surface area contributed by atoms with Gasteiger partial charge in [-0.2, -0.15) is 0 Å². The average molecular weight is 611 g/mol. The fourth-order valence-corrected chi connectivity index (χ4v) is 3.59.